The van der Waals surface area contributed by atoms with Gasteiger partial charge >= 0.3 is 5.69 Å². The lowest BCUT2D eigenvalue weighted by molar-refractivity contribution is -0.0395. The topological polar surface area (TPSA) is 119 Å². The maximum Gasteiger partial charge on any atom is 0.330 e. The number of hydrogen-bond acceptors (Lipinski definition) is 6. The first-order valence-electron chi connectivity index (χ1n) is 7.53. The van der Waals surface area contributed by atoms with Gasteiger partial charge in [-0.2, -0.15) is 0 Å². The standard InChI is InChI=1S/C14H20FN3O6S/c1-8(2)23-12-9(5-7-25(21,22)16-3)24-13(11(12)15)18-6-4-10(19)17-14(18)20/h4-9,11-13,16H,1-3H3,(H,17,19,20)/b7-5+/t9-,11-,12-,13?/m1/s1. The molecule has 1 aliphatic heterocycles. The Hall–Kier alpha value is -1.82. The zero-order chi connectivity index (χ0) is 18.8. The number of nitrogens with zero attached hydrogens (tertiary/aromatic N) is 1. The van der Waals surface area contributed by atoms with Crippen LogP contribution in [0.2, 0.25) is 0 Å². The van der Waals surface area contributed by atoms with Crippen molar-refractivity contribution in [3.05, 3.63) is 44.6 Å². The zero-order valence-corrected chi connectivity index (χ0v) is 14.7. The smallest absolute Gasteiger partial charge is 0.330 e. The van der Waals surface area contributed by atoms with Crippen molar-refractivity contribution in [3.63, 3.8) is 0 Å². The molecule has 2 heterocycles. The first kappa shape index (κ1) is 19.5. The van der Waals surface area contributed by atoms with Gasteiger partial charge in [-0.1, -0.05) is 0 Å². The fourth-order valence-electron chi connectivity index (χ4n) is 2.37. The number of halogens is 1. The molecule has 1 unspecified atom stereocenters. The summed E-state index contributed by atoms with van der Waals surface area (Å²) >= 11 is 0. The van der Waals surface area contributed by atoms with Crippen molar-refractivity contribution in [2.75, 3.05) is 7.05 Å². The summed E-state index contributed by atoms with van der Waals surface area (Å²) in [6, 6.07) is 1.06. The highest BCUT2D eigenvalue weighted by Crippen LogP contribution is 2.34. The number of alkyl halides is 1. The molecule has 1 aromatic heterocycles. The van der Waals surface area contributed by atoms with Crippen LogP contribution in [0.25, 0.3) is 0 Å². The Kier molecular flexibility index (Phi) is 5.93. The van der Waals surface area contributed by atoms with Crippen LogP contribution < -0.4 is 16.0 Å². The third-order valence-corrected chi connectivity index (χ3v) is 4.58. The Morgan fingerprint density at radius 2 is 2.12 bits per heavy atom. The SMILES string of the molecule is CNS(=O)(=O)/C=C/[C@H]1OC(n2ccc(=O)[nH]c2=O)[C@H](F)[C@@H]1OC(C)C. The first-order chi connectivity index (χ1) is 11.6. The predicted octanol–water partition coefficient (Wildman–Crippen LogP) is -0.371. The van der Waals surface area contributed by atoms with Gasteiger partial charge in [0.05, 0.1) is 6.10 Å². The van der Waals surface area contributed by atoms with E-state index in [1.165, 1.54) is 7.05 Å². The average Bonchev–Trinajstić information content (AvgIpc) is 2.82. The molecule has 0 spiro atoms. The van der Waals surface area contributed by atoms with Crippen LogP contribution in [0.1, 0.15) is 20.1 Å². The molecule has 1 saturated heterocycles. The molecule has 0 aliphatic carbocycles. The van der Waals surface area contributed by atoms with Gasteiger partial charge in [0.15, 0.2) is 12.4 Å². The third kappa shape index (κ3) is 4.63. The zero-order valence-electron chi connectivity index (χ0n) is 13.9. The highest BCUT2D eigenvalue weighted by Gasteiger charge is 2.46. The van der Waals surface area contributed by atoms with Crippen LogP contribution in [0.15, 0.2) is 33.3 Å². The second kappa shape index (κ2) is 7.60. The van der Waals surface area contributed by atoms with Gasteiger partial charge < -0.3 is 9.47 Å². The van der Waals surface area contributed by atoms with Gasteiger partial charge in [-0.3, -0.25) is 14.3 Å². The molecule has 11 heteroatoms. The van der Waals surface area contributed by atoms with E-state index < -0.39 is 45.9 Å². The molecular formula is C14H20FN3O6S. The van der Waals surface area contributed by atoms with E-state index in [0.29, 0.717) is 0 Å². The van der Waals surface area contributed by atoms with Crippen molar-refractivity contribution < 1.29 is 22.3 Å². The molecule has 0 bridgehead atoms. The van der Waals surface area contributed by atoms with Crippen molar-refractivity contribution in [2.24, 2.45) is 0 Å². The van der Waals surface area contributed by atoms with E-state index in [0.717, 1.165) is 28.3 Å². The number of hydrogen-bond donors (Lipinski definition) is 2. The van der Waals surface area contributed by atoms with E-state index in [-0.39, 0.29) is 6.10 Å². The van der Waals surface area contributed by atoms with Crippen LogP contribution in [0, 0.1) is 0 Å². The minimum atomic E-state index is -3.68. The van der Waals surface area contributed by atoms with Gasteiger partial charge in [0.25, 0.3) is 5.56 Å². The van der Waals surface area contributed by atoms with E-state index in [1.54, 1.807) is 13.8 Å². The Balaban J connectivity index is 2.36. The molecule has 2 N–H and O–H groups in total. The summed E-state index contributed by atoms with van der Waals surface area (Å²) in [6.45, 7) is 3.38. The lowest BCUT2D eigenvalue weighted by atomic mass is 10.1. The molecule has 140 valence electrons. The van der Waals surface area contributed by atoms with Gasteiger partial charge in [0, 0.05) is 17.7 Å². The molecule has 25 heavy (non-hydrogen) atoms. The van der Waals surface area contributed by atoms with Crippen molar-refractivity contribution in [1.29, 1.82) is 0 Å². The lowest BCUT2D eigenvalue weighted by Crippen LogP contribution is -2.37. The number of rotatable bonds is 6. The number of nitrogens with one attached hydrogen (secondary N) is 2. The third-order valence-electron chi connectivity index (χ3n) is 3.49. The van der Waals surface area contributed by atoms with Crippen molar-refractivity contribution in [3.8, 4) is 0 Å². The molecule has 2 rings (SSSR count). The first-order valence-corrected chi connectivity index (χ1v) is 9.07. The van der Waals surface area contributed by atoms with Crippen LogP contribution in [-0.2, 0) is 19.5 Å². The van der Waals surface area contributed by atoms with E-state index in [4.69, 9.17) is 9.47 Å². The fourth-order valence-corrected chi connectivity index (χ4v) is 2.87. The van der Waals surface area contributed by atoms with Crippen LogP contribution in [-0.4, -0.2) is 49.5 Å². The monoisotopic (exact) mass is 377 g/mol. The highest BCUT2D eigenvalue weighted by atomic mass is 32.2. The number of aromatic amines is 1. The lowest BCUT2D eigenvalue weighted by Gasteiger charge is -2.20. The van der Waals surface area contributed by atoms with Gasteiger partial charge in [0.1, 0.15) is 12.2 Å². The van der Waals surface area contributed by atoms with Crippen molar-refractivity contribution in [1.82, 2.24) is 14.3 Å². The van der Waals surface area contributed by atoms with Crippen molar-refractivity contribution in [2.45, 2.75) is 44.6 Å². The Labute approximate surface area is 143 Å². The minimum absolute atomic E-state index is 0.352. The van der Waals surface area contributed by atoms with Crippen LogP contribution in [0.4, 0.5) is 4.39 Å². The Morgan fingerprint density at radius 1 is 1.44 bits per heavy atom. The van der Waals surface area contributed by atoms with Gasteiger partial charge in [0.2, 0.25) is 10.0 Å². The normalized spacial score (nSPS) is 27.4. The molecular weight excluding hydrogens is 357 g/mol. The second-order valence-corrected chi connectivity index (χ2v) is 7.45. The number of sulfonamides is 1. The summed E-state index contributed by atoms with van der Waals surface area (Å²) in [5.74, 6) is 0. The predicted molar refractivity (Wildman–Crippen MR) is 87.3 cm³/mol. The number of aromatic nitrogens is 2. The van der Waals surface area contributed by atoms with Gasteiger partial charge in [-0.25, -0.2) is 22.3 Å². The van der Waals surface area contributed by atoms with Crippen LogP contribution >= 0.6 is 0 Å². The summed E-state index contributed by atoms with van der Waals surface area (Å²) < 4.78 is 51.9. The summed E-state index contributed by atoms with van der Waals surface area (Å²) in [7, 11) is -2.44. The molecule has 1 fully saturated rings. The quantitative estimate of drug-likeness (QED) is 0.698. The number of H-pyrrole nitrogens is 1. The van der Waals surface area contributed by atoms with Crippen LogP contribution in [0.5, 0.6) is 0 Å². The van der Waals surface area contributed by atoms with Crippen molar-refractivity contribution >= 4 is 10.0 Å². The molecule has 0 radical (unpaired) electrons. The van der Waals surface area contributed by atoms with Crippen LogP contribution in [0.3, 0.4) is 0 Å². The Morgan fingerprint density at radius 3 is 2.68 bits per heavy atom. The summed E-state index contributed by atoms with van der Waals surface area (Å²) in [5.41, 5.74) is -1.46. The van der Waals surface area contributed by atoms with Gasteiger partial charge in [-0.15, -0.1) is 0 Å². The minimum Gasteiger partial charge on any atom is -0.369 e. The molecule has 1 aliphatic rings. The average molecular weight is 377 g/mol. The molecule has 9 nitrogen and oxygen atoms in total. The largest absolute Gasteiger partial charge is 0.369 e. The molecule has 0 aromatic carbocycles. The second-order valence-electron chi connectivity index (χ2n) is 5.68. The highest BCUT2D eigenvalue weighted by molar-refractivity contribution is 7.92. The molecule has 1 aromatic rings. The summed E-state index contributed by atoms with van der Waals surface area (Å²) in [5, 5.41) is 0.846. The van der Waals surface area contributed by atoms with E-state index in [9.17, 15) is 22.4 Å². The van der Waals surface area contributed by atoms with Gasteiger partial charge in [-0.05, 0) is 27.0 Å². The van der Waals surface area contributed by atoms with E-state index in [2.05, 4.69) is 4.72 Å². The Bertz CT molecular complexity index is 847. The number of ether oxygens (including phenoxy) is 2. The maximum atomic E-state index is 14.8. The fraction of sp³-hybridized carbons (Fsp3) is 0.571. The maximum absolute atomic E-state index is 14.8. The van der Waals surface area contributed by atoms with E-state index >= 15 is 0 Å². The van der Waals surface area contributed by atoms with E-state index in [1.807, 2.05) is 4.98 Å². The molecule has 4 atom stereocenters. The molecule has 0 amide bonds. The summed E-state index contributed by atoms with van der Waals surface area (Å²) in [4.78, 5) is 25.0. The summed E-state index contributed by atoms with van der Waals surface area (Å²) in [6.07, 6.45) is -3.35. The molecule has 0 saturated carbocycles.